The molecule has 1 unspecified atom stereocenters. The van der Waals surface area contributed by atoms with E-state index in [1.54, 1.807) is 5.01 Å². The van der Waals surface area contributed by atoms with Gasteiger partial charge in [-0.25, -0.2) is 4.98 Å². The molecule has 1 N–H and O–H groups in total. The molecule has 1 atom stereocenters. The molecule has 3 aromatic rings. The number of carbonyl (C=O) groups excluding carboxylic acids is 2. The number of thiazole rings is 1. The third-order valence-corrected chi connectivity index (χ3v) is 5.61. The van der Waals surface area contributed by atoms with E-state index in [4.69, 9.17) is 4.74 Å². The molecule has 0 radical (unpaired) electrons. The van der Waals surface area contributed by atoms with Crippen LogP contribution in [0.4, 0.5) is 10.8 Å². The Morgan fingerprint density at radius 3 is 2.58 bits per heavy atom. The van der Waals surface area contributed by atoms with Gasteiger partial charge in [-0.2, -0.15) is 5.10 Å². The number of carbonyl (C=O) groups is 2. The van der Waals surface area contributed by atoms with Crippen molar-refractivity contribution in [3.05, 3.63) is 60.0 Å². The summed E-state index contributed by atoms with van der Waals surface area (Å²) < 4.78 is 5.46. The highest BCUT2D eigenvalue weighted by atomic mass is 32.1. The van der Waals surface area contributed by atoms with E-state index in [9.17, 15) is 9.59 Å². The molecule has 8 heteroatoms. The molecule has 1 amide bonds. The van der Waals surface area contributed by atoms with E-state index in [0.29, 0.717) is 17.5 Å². The van der Waals surface area contributed by atoms with E-state index < -0.39 is 6.04 Å². The standard InChI is InChI=1S/C23H22N4O3S/c1-3-30-18-11-9-16(10-12-18)20-14-31-23(24-20)25-22(29)19-13-21(15(2)28)27(26-19)17-7-5-4-6-8-17/h4-12,14,21H,3,13H2,1-2H3,(H,24,25,29). The minimum absolute atomic E-state index is 0.0394. The minimum Gasteiger partial charge on any atom is -0.494 e. The molecule has 1 aliphatic rings. The van der Waals surface area contributed by atoms with Crippen LogP contribution in [0.2, 0.25) is 0 Å². The van der Waals surface area contributed by atoms with Crippen LogP contribution in [0.25, 0.3) is 11.3 Å². The van der Waals surface area contributed by atoms with Gasteiger partial charge in [0.05, 0.1) is 18.0 Å². The van der Waals surface area contributed by atoms with Gasteiger partial charge in [0, 0.05) is 17.4 Å². The normalized spacial score (nSPS) is 15.5. The van der Waals surface area contributed by atoms with Crippen LogP contribution in [0, 0.1) is 0 Å². The summed E-state index contributed by atoms with van der Waals surface area (Å²) >= 11 is 1.34. The van der Waals surface area contributed by atoms with Gasteiger partial charge in [-0.3, -0.25) is 19.9 Å². The summed E-state index contributed by atoms with van der Waals surface area (Å²) in [4.78, 5) is 29.4. The number of rotatable bonds is 7. The van der Waals surface area contributed by atoms with E-state index in [-0.39, 0.29) is 18.1 Å². The van der Waals surface area contributed by atoms with E-state index in [2.05, 4.69) is 15.4 Å². The monoisotopic (exact) mass is 434 g/mol. The highest BCUT2D eigenvalue weighted by molar-refractivity contribution is 7.14. The Morgan fingerprint density at radius 2 is 1.90 bits per heavy atom. The van der Waals surface area contributed by atoms with Gasteiger partial charge in [0.2, 0.25) is 0 Å². The number of amides is 1. The number of aromatic nitrogens is 1. The smallest absolute Gasteiger partial charge is 0.273 e. The molecule has 0 spiro atoms. The van der Waals surface area contributed by atoms with Crippen LogP contribution in [0.3, 0.4) is 0 Å². The van der Waals surface area contributed by atoms with Crippen LogP contribution in [-0.4, -0.2) is 35.0 Å². The SMILES string of the molecule is CCOc1ccc(-c2csc(NC(=O)C3=NN(c4ccccc4)C(C(C)=O)C3)n2)cc1. The van der Waals surface area contributed by atoms with Crippen molar-refractivity contribution < 1.29 is 14.3 Å². The maximum absolute atomic E-state index is 12.8. The van der Waals surface area contributed by atoms with E-state index in [1.807, 2.05) is 66.9 Å². The molecule has 0 fully saturated rings. The fourth-order valence-corrected chi connectivity index (χ4v) is 4.02. The van der Waals surface area contributed by atoms with Gasteiger partial charge in [-0.15, -0.1) is 11.3 Å². The zero-order chi connectivity index (χ0) is 21.8. The van der Waals surface area contributed by atoms with Crippen molar-refractivity contribution in [2.24, 2.45) is 5.10 Å². The molecule has 0 saturated carbocycles. The van der Waals surface area contributed by atoms with Crippen molar-refractivity contribution in [2.45, 2.75) is 26.3 Å². The van der Waals surface area contributed by atoms with Crippen LogP contribution in [0.1, 0.15) is 20.3 Å². The second kappa shape index (κ2) is 9.09. The van der Waals surface area contributed by atoms with Gasteiger partial charge < -0.3 is 4.74 Å². The number of nitrogens with one attached hydrogen (secondary N) is 1. The van der Waals surface area contributed by atoms with Crippen molar-refractivity contribution in [3.8, 4) is 17.0 Å². The van der Waals surface area contributed by atoms with E-state index >= 15 is 0 Å². The van der Waals surface area contributed by atoms with Gasteiger partial charge in [-0.1, -0.05) is 18.2 Å². The summed E-state index contributed by atoms with van der Waals surface area (Å²) in [6.45, 7) is 4.07. The summed E-state index contributed by atoms with van der Waals surface area (Å²) in [6.07, 6.45) is 0.257. The number of Topliss-reactive ketones (excluding diaryl/α,β-unsaturated/α-hetero) is 1. The van der Waals surface area contributed by atoms with Crippen molar-refractivity contribution in [1.29, 1.82) is 0 Å². The van der Waals surface area contributed by atoms with Gasteiger partial charge in [0.15, 0.2) is 10.9 Å². The maximum atomic E-state index is 12.8. The summed E-state index contributed by atoms with van der Waals surface area (Å²) in [5.74, 6) is 0.414. The second-order valence-corrected chi connectivity index (χ2v) is 7.86. The first kappa shape index (κ1) is 20.7. The molecular formula is C23H22N4O3S. The third kappa shape index (κ3) is 4.64. The Labute approximate surface area is 184 Å². The summed E-state index contributed by atoms with van der Waals surface area (Å²) in [5, 5.41) is 11.2. The third-order valence-electron chi connectivity index (χ3n) is 4.85. The number of nitrogens with zero attached hydrogens (tertiary/aromatic N) is 3. The Bertz CT molecular complexity index is 1110. The first-order valence-electron chi connectivity index (χ1n) is 9.97. The van der Waals surface area contributed by atoms with Crippen molar-refractivity contribution in [3.63, 3.8) is 0 Å². The number of hydrogen-bond donors (Lipinski definition) is 1. The van der Waals surface area contributed by atoms with Crippen LogP contribution in [-0.2, 0) is 9.59 Å². The molecule has 2 heterocycles. The lowest BCUT2D eigenvalue weighted by molar-refractivity contribution is -0.118. The highest BCUT2D eigenvalue weighted by Gasteiger charge is 2.34. The number of hydrazone groups is 1. The van der Waals surface area contributed by atoms with Crippen molar-refractivity contribution >= 4 is 39.6 Å². The molecule has 158 valence electrons. The Balaban J connectivity index is 1.48. The van der Waals surface area contributed by atoms with Crippen LogP contribution >= 0.6 is 11.3 Å². The van der Waals surface area contributed by atoms with Crippen LogP contribution in [0.15, 0.2) is 65.1 Å². The molecule has 0 saturated heterocycles. The maximum Gasteiger partial charge on any atom is 0.273 e. The van der Waals surface area contributed by atoms with Crippen LogP contribution < -0.4 is 15.1 Å². The highest BCUT2D eigenvalue weighted by Crippen LogP contribution is 2.28. The van der Waals surface area contributed by atoms with Crippen molar-refractivity contribution in [1.82, 2.24) is 4.98 Å². The average molecular weight is 435 g/mol. The molecule has 0 aliphatic carbocycles. The summed E-state index contributed by atoms with van der Waals surface area (Å²) in [5.41, 5.74) is 2.79. The largest absolute Gasteiger partial charge is 0.494 e. The fraction of sp³-hybridized carbons (Fsp3) is 0.217. The molecule has 4 rings (SSSR count). The lowest BCUT2D eigenvalue weighted by Gasteiger charge is -2.20. The van der Waals surface area contributed by atoms with Crippen molar-refractivity contribution in [2.75, 3.05) is 16.9 Å². The first-order chi connectivity index (χ1) is 15.0. The fourth-order valence-electron chi connectivity index (χ4n) is 3.30. The number of hydrogen-bond acceptors (Lipinski definition) is 7. The van der Waals surface area contributed by atoms with Gasteiger partial charge in [-0.05, 0) is 50.2 Å². The molecule has 7 nitrogen and oxygen atoms in total. The Kier molecular flexibility index (Phi) is 6.08. The predicted octanol–water partition coefficient (Wildman–Crippen LogP) is 4.37. The lowest BCUT2D eigenvalue weighted by Crippen LogP contribution is -2.33. The Hall–Kier alpha value is -3.52. The lowest BCUT2D eigenvalue weighted by atomic mass is 10.1. The zero-order valence-electron chi connectivity index (χ0n) is 17.2. The zero-order valence-corrected chi connectivity index (χ0v) is 18.1. The number of anilines is 2. The number of ketones is 1. The summed E-state index contributed by atoms with van der Waals surface area (Å²) in [6, 6.07) is 16.5. The molecule has 1 aliphatic heterocycles. The molecule has 31 heavy (non-hydrogen) atoms. The Morgan fingerprint density at radius 1 is 1.16 bits per heavy atom. The van der Waals surface area contributed by atoms with E-state index in [0.717, 1.165) is 22.7 Å². The number of ether oxygens (including phenoxy) is 1. The molecule has 0 bridgehead atoms. The van der Waals surface area contributed by atoms with Gasteiger partial charge >= 0.3 is 0 Å². The van der Waals surface area contributed by atoms with Gasteiger partial charge in [0.25, 0.3) is 5.91 Å². The van der Waals surface area contributed by atoms with Crippen LogP contribution in [0.5, 0.6) is 5.75 Å². The molecule has 1 aromatic heterocycles. The molecular weight excluding hydrogens is 412 g/mol. The minimum atomic E-state index is -0.487. The quantitative estimate of drug-likeness (QED) is 0.597. The first-order valence-corrected chi connectivity index (χ1v) is 10.9. The van der Waals surface area contributed by atoms with Gasteiger partial charge in [0.1, 0.15) is 17.5 Å². The second-order valence-electron chi connectivity index (χ2n) is 7.01. The van der Waals surface area contributed by atoms with E-state index in [1.165, 1.54) is 18.3 Å². The summed E-state index contributed by atoms with van der Waals surface area (Å²) in [7, 11) is 0. The molecule has 2 aromatic carbocycles. The number of para-hydroxylation sites is 1. The topological polar surface area (TPSA) is 83.9 Å². The predicted molar refractivity (Wildman–Crippen MR) is 123 cm³/mol. The average Bonchev–Trinajstić information content (AvgIpc) is 3.43. The number of benzene rings is 2.